The molecule has 0 saturated heterocycles. The van der Waals surface area contributed by atoms with Gasteiger partial charge in [0, 0.05) is 6.42 Å². The number of hydrogen-bond donors (Lipinski definition) is 2. The summed E-state index contributed by atoms with van der Waals surface area (Å²) in [6.07, 6.45) is 73.9. The van der Waals surface area contributed by atoms with Gasteiger partial charge in [-0.25, -0.2) is 0 Å². The third-order valence-electron chi connectivity index (χ3n) is 10.9. The van der Waals surface area contributed by atoms with Gasteiger partial charge in [-0.3, -0.25) is 9.36 Å². The van der Waals surface area contributed by atoms with E-state index in [9.17, 15) is 19.4 Å². The zero-order valence-corrected chi connectivity index (χ0v) is 44.6. The molecule has 0 heterocycles. The third-order valence-corrected chi connectivity index (χ3v) is 11.9. The van der Waals surface area contributed by atoms with Gasteiger partial charge in [-0.15, -0.1) is 0 Å². The number of carbonyl (C=O) groups excluding carboxylic acids is 1. The molecule has 0 spiro atoms. The highest BCUT2D eigenvalue weighted by Gasteiger charge is 2.24. The number of phosphoric acid groups is 1. The maximum absolute atomic E-state index is 12.8. The van der Waals surface area contributed by atoms with E-state index >= 15 is 0 Å². The van der Waals surface area contributed by atoms with Crippen LogP contribution in [0.5, 0.6) is 0 Å². The first-order valence-electron chi connectivity index (χ1n) is 26.5. The van der Waals surface area contributed by atoms with Crippen molar-refractivity contribution in [1.29, 1.82) is 0 Å². The lowest BCUT2D eigenvalue weighted by Crippen LogP contribution is -2.46. The van der Waals surface area contributed by atoms with Crippen molar-refractivity contribution in [2.45, 2.75) is 193 Å². The van der Waals surface area contributed by atoms with Crippen LogP contribution in [0.15, 0.2) is 134 Å². The lowest BCUT2D eigenvalue weighted by molar-refractivity contribution is -0.870. The first-order valence-corrected chi connectivity index (χ1v) is 28.0. The van der Waals surface area contributed by atoms with E-state index < -0.39 is 20.0 Å². The number of nitrogens with zero attached hydrogens (tertiary/aromatic N) is 1. The van der Waals surface area contributed by atoms with Gasteiger partial charge in [0.05, 0.1) is 39.9 Å². The number of likely N-dealkylation sites (N-methyl/N-ethyl adjacent to an activating group) is 1. The number of aliphatic hydroxyl groups excluding tert-OH is 1. The molecule has 0 saturated carbocycles. The molecule has 2 N–H and O–H groups in total. The summed E-state index contributed by atoms with van der Waals surface area (Å²) in [6, 6.07) is -0.812. The molecule has 1 amide bonds. The molecular formula is C59H99N2O6P. The number of rotatable bonds is 46. The number of quaternary nitrogens is 1. The monoisotopic (exact) mass is 963 g/mol. The summed E-state index contributed by atoms with van der Waals surface area (Å²) < 4.78 is 23.1. The summed E-state index contributed by atoms with van der Waals surface area (Å²) in [6.45, 7) is 4.47. The Balaban J connectivity index is 3.96. The second-order valence-corrected chi connectivity index (χ2v) is 19.9. The Hall–Kier alpha value is -3.36. The Bertz CT molecular complexity index is 1560. The van der Waals surface area contributed by atoms with Crippen LogP contribution in [0.2, 0.25) is 0 Å². The molecular weight excluding hydrogens is 864 g/mol. The minimum atomic E-state index is -4.56. The maximum Gasteiger partial charge on any atom is 0.268 e. The van der Waals surface area contributed by atoms with Crippen molar-refractivity contribution in [3.63, 3.8) is 0 Å². The molecule has 3 unspecified atom stereocenters. The van der Waals surface area contributed by atoms with Gasteiger partial charge >= 0.3 is 0 Å². The van der Waals surface area contributed by atoms with Crippen LogP contribution >= 0.6 is 7.82 Å². The highest BCUT2D eigenvalue weighted by atomic mass is 31.2. The molecule has 386 valence electrons. The molecule has 8 nitrogen and oxygen atoms in total. The molecule has 0 aromatic rings. The molecule has 0 aromatic carbocycles. The van der Waals surface area contributed by atoms with Gasteiger partial charge in [0.2, 0.25) is 5.91 Å². The van der Waals surface area contributed by atoms with Crippen molar-refractivity contribution in [2.75, 3.05) is 40.9 Å². The van der Waals surface area contributed by atoms with Crippen LogP contribution in [-0.2, 0) is 18.4 Å². The van der Waals surface area contributed by atoms with Crippen molar-refractivity contribution >= 4 is 13.7 Å². The van der Waals surface area contributed by atoms with Crippen LogP contribution in [0.4, 0.5) is 0 Å². The minimum absolute atomic E-state index is 0.00206. The first kappa shape index (κ1) is 64.6. The van der Waals surface area contributed by atoms with E-state index in [2.05, 4.69) is 153 Å². The molecule has 0 aromatic heterocycles. The van der Waals surface area contributed by atoms with Crippen molar-refractivity contribution in [3.8, 4) is 0 Å². The molecule has 0 aliphatic rings. The molecule has 0 aliphatic carbocycles. The zero-order chi connectivity index (χ0) is 49.9. The smallest absolute Gasteiger partial charge is 0.268 e. The Labute approximate surface area is 417 Å². The second-order valence-electron chi connectivity index (χ2n) is 18.5. The zero-order valence-electron chi connectivity index (χ0n) is 43.7. The average Bonchev–Trinajstić information content (AvgIpc) is 3.30. The fourth-order valence-corrected chi connectivity index (χ4v) is 7.47. The van der Waals surface area contributed by atoms with Crippen molar-refractivity contribution in [3.05, 3.63) is 134 Å². The molecule has 0 rings (SSSR count). The Morgan fingerprint density at radius 2 is 0.897 bits per heavy atom. The number of hydrogen-bond acceptors (Lipinski definition) is 6. The van der Waals surface area contributed by atoms with Gasteiger partial charge in [-0.1, -0.05) is 212 Å². The Morgan fingerprint density at radius 3 is 1.31 bits per heavy atom. The fourth-order valence-electron chi connectivity index (χ4n) is 6.75. The predicted molar refractivity (Wildman–Crippen MR) is 292 cm³/mol. The highest BCUT2D eigenvalue weighted by Crippen LogP contribution is 2.38. The van der Waals surface area contributed by atoms with E-state index in [0.29, 0.717) is 23.9 Å². The van der Waals surface area contributed by atoms with Crippen LogP contribution in [0.25, 0.3) is 0 Å². The van der Waals surface area contributed by atoms with Crippen LogP contribution < -0.4 is 10.2 Å². The summed E-state index contributed by atoms with van der Waals surface area (Å²) in [5.74, 6) is -0.190. The van der Waals surface area contributed by atoms with Crippen LogP contribution in [0.3, 0.4) is 0 Å². The standard InChI is InChI=1S/C59H99N2O6P/c1-6-8-10-12-13-14-15-16-17-18-19-20-21-22-23-24-25-26-27-28-29-30-31-32-33-34-35-36-37-38-39-40-41-42-43-44-45-46-47-49-51-53-59(63)60-57(58(62)52-50-48-11-9-7-2)56-67-68(64,65)66-55-54-61(3,4)5/h8,10,13-14,16-17,19-20,22-23,25-26,28-29,31-32,34-35,37-38,40-41,57-58,62H,6-7,9,11-12,15,18,21,24,27,30,33,36,39,42-56H2,1-5H3,(H-,60,63,64,65)/b10-8-,14-13-,17-16-,20-19-,23-22-,26-25-,29-28-,32-31-,35-34-,38-37-,41-40-. The maximum atomic E-state index is 12.8. The summed E-state index contributed by atoms with van der Waals surface area (Å²) in [7, 11) is 1.27. The molecule has 3 atom stereocenters. The first-order chi connectivity index (χ1) is 33.0. The average molecular weight is 963 g/mol. The van der Waals surface area contributed by atoms with E-state index in [4.69, 9.17) is 9.05 Å². The van der Waals surface area contributed by atoms with Gasteiger partial charge < -0.3 is 28.8 Å². The number of allylic oxidation sites excluding steroid dienone is 22. The third kappa shape index (κ3) is 50.5. The van der Waals surface area contributed by atoms with Crippen molar-refractivity contribution < 1.29 is 32.9 Å². The highest BCUT2D eigenvalue weighted by molar-refractivity contribution is 7.45. The SMILES string of the molecule is CC/C=C\C/C=C\C/C=C\C/C=C\C/C=C\C/C=C\C/C=C\C/C=C\C/C=C\C/C=C\C/C=C\CCCCCCCCCC(=O)NC(COP(=O)([O-])OCC[N+](C)(C)C)C(O)CCCCCCC. The molecule has 9 heteroatoms. The summed E-state index contributed by atoms with van der Waals surface area (Å²) in [5, 5.41) is 13.7. The van der Waals surface area contributed by atoms with Crippen LogP contribution in [0, 0.1) is 0 Å². The normalized spacial score (nSPS) is 15.1. The number of unbranched alkanes of at least 4 members (excludes halogenated alkanes) is 11. The predicted octanol–water partition coefficient (Wildman–Crippen LogP) is 15.3. The van der Waals surface area contributed by atoms with E-state index in [1.165, 1.54) is 19.3 Å². The van der Waals surface area contributed by atoms with Crippen molar-refractivity contribution in [2.24, 2.45) is 0 Å². The number of amides is 1. The van der Waals surface area contributed by atoms with Crippen molar-refractivity contribution in [1.82, 2.24) is 5.32 Å². The van der Waals surface area contributed by atoms with E-state index in [1.807, 2.05) is 21.1 Å². The largest absolute Gasteiger partial charge is 0.756 e. The number of carbonyl (C=O) groups is 1. The number of phosphoric ester groups is 1. The van der Waals surface area contributed by atoms with E-state index in [-0.39, 0.29) is 19.1 Å². The summed E-state index contributed by atoms with van der Waals surface area (Å²) >= 11 is 0. The minimum Gasteiger partial charge on any atom is -0.756 e. The molecule has 0 radical (unpaired) electrons. The van der Waals surface area contributed by atoms with Gasteiger partial charge in [-0.05, 0) is 96.3 Å². The van der Waals surface area contributed by atoms with E-state index in [0.717, 1.165) is 135 Å². The Kier molecular flexibility index (Phi) is 46.3. The Morgan fingerprint density at radius 1 is 0.529 bits per heavy atom. The van der Waals surface area contributed by atoms with Gasteiger partial charge in [-0.2, -0.15) is 0 Å². The fraction of sp³-hybridized carbons (Fsp3) is 0.610. The quantitative estimate of drug-likeness (QED) is 0.0272. The molecule has 0 fully saturated rings. The van der Waals surface area contributed by atoms with E-state index in [1.54, 1.807) is 0 Å². The molecule has 68 heavy (non-hydrogen) atoms. The lowest BCUT2D eigenvalue weighted by atomic mass is 10.0. The van der Waals surface area contributed by atoms with Gasteiger partial charge in [0.1, 0.15) is 13.2 Å². The molecule has 0 bridgehead atoms. The lowest BCUT2D eigenvalue weighted by Gasteiger charge is -2.30. The van der Waals surface area contributed by atoms with Crippen LogP contribution in [0.1, 0.15) is 181 Å². The number of aliphatic hydroxyl groups is 1. The van der Waals surface area contributed by atoms with Gasteiger partial charge in [0.15, 0.2) is 0 Å². The second kappa shape index (κ2) is 48.7. The number of nitrogens with one attached hydrogen (secondary N) is 1. The topological polar surface area (TPSA) is 108 Å². The van der Waals surface area contributed by atoms with Crippen LogP contribution in [-0.4, -0.2) is 68.5 Å². The summed E-state index contributed by atoms with van der Waals surface area (Å²) in [5.41, 5.74) is 0. The van der Waals surface area contributed by atoms with Gasteiger partial charge in [0.25, 0.3) is 7.82 Å². The molecule has 0 aliphatic heterocycles. The summed E-state index contributed by atoms with van der Waals surface area (Å²) in [4.78, 5) is 25.2.